The Morgan fingerprint density at radius 3 is 0.929 bits per heavy atom. The van der Waals surface area contributed by atoms with Gasteiger partial charge in [0.2, 0.25) is 0 Å². The fraction of sp³-hybridized carbons (Fsp3) is 0.250. The van der Waals surface area contributed by atoms with Crippen LogP contribution >= 0.6 is 0 Å². The van der Waals surface area contributed by atoms with Crippen LogP contribution in [0.4, 0.5) is 17.1 Å². The van der Waals surface area contributed by atoms with Gasteiger partial charge in [0, 0.05) is 33.8 Å². The Balaban J connectivity index is 1.68. The lowest BCUT2D eigenvalue weighted by atomic mass is 10.0. The molecule has 6 nitrogen and oxygen atoms in total. The minimum Gasteiger partial charge on any atom is -0.322 e. The van der Waals surface area contributed by atoms with Crippen LogP contribution in [0.5, 0.6) is 0 Å². The van der Waals surface area contributed by atoms with Gasteiger partial charge in [0.25, 0.3) is 17.7 Å². The van der Waals surface area contributed by atoms with Gasteiger partial charge in [0.05, 0.1) is 0 Å². The maximum Gasteiger partial charge on any atom is 0.255 e. The highest BCUT2D eigenvalue weighted by Crippen LogP contribution is 2.23. The fourth-order valence-corrected chi connectivity index (χ4v) is 4.86. The number of benzene rings is 4. The molecule has 0 aliphatic rings. The Morgan fingerprint density at radius 1 is 0.452 bits per heavy atom. The molecule has 4 aromatic carbocycles. The minimum atomic E-state index is -0.405. The second-order valence-corrected chi connectivity index (χ2v) is 10.7. The van der Waals surface area contributed by atoms with Crippen molar-refractivity contribution in [2.24, 2.45) is 0 Å². The highest BCUT2D eigenvalue weighted by Gasteiger charge is 2.19. The van der Waals surface area contributed by atoms with E-state index in [2.05, 4.69) is 36.7 Å². The van der Waals surface area contributed by atoms with Gasteiger partial charge in [-0.1, -0.05) is 57.2 Å². The standard InChI is InChI=1S/C36H39N3O3/c1-7-25-10-13-31(22(4)16-25)37-34(40)28-19-29(35(41)38-32-14-11-26(8-2)17-23(32)5)21-30(20-28)36(42)39-33-15-12-27(9-3)18-24(33)6/h10-21H,7-9H2,1-6H3,(H,37,40)(H,38,41)(H,39,42). The highest BCUT2D eigenvalue weighted by atomic mass is 16.2. The molecule has 0 spiro atoms. The SMILES string of the molecule is CCc1ccc(NC(=O)c2cc(C(=O)Nc3ccc(CC)cc3C)cc(C(=O)Nc3ccc(CC)cc3C)c2)c(C)c1. The summed E-state index contributed by atoms with van der Waals surface area (Å²) in [6.07, 6.45) is 2.68. The zero-order chi connectivity index (χ0) is 30.4. The zero-order valence-electron chi connectivity index (χ0n) is 25.3. The van der Waals surface area contributed by atoms with Gasteiger partial charge in [0.1, 0.15) is 0 Å². The van der Waals surface area contributed by atoms with E-state index in [1.165, 1.54) is 34.9 Å². The average molecular weight is 562 g/mol. The molecule has 0 fully saturated rings. The molecule has 0 saturated heterocycles. The summed E-state index contributed by atoms with van der Waals surface area (Å²) in [7, 11) is 0. The lowest BCUT2D eigenvalue weighted by molar-refractivity contribution is 0.102. The van der Waals surface area contributed by atoms with Gasteiger partial charge in [-0.05, 0) is 110 Å². The molecule has 0 atom stereocenters. The number of carbonyl (C=O) groups excluding carboxylic acids is 3. The number of carbonyl (C=O) groups is 3. The van der Waals surface area contributed by atoms with Crippen LogP contribution < -0.4 is 16.0 Å². The first kappa shape index (κ1) is 30.3. The lowest BCUT2D eigenvalue weighted by Gasteiger charge is -2.14. The topological polar surface area (TPSA) is 87.3 Å². The summed E-state index contributed by atoms with van der Waals surface area (Å²) >= 11 is 0. The van der Waals surface area contributed by atoms with E-state index in [0.717, 1.165) is 36.0 Å². The van der Waals surface area contributed by atoms with Crippen molar-refractivity contribution in [3.63, 3.8) is 0 Å². The summed E-state index contributed by atoms with van der Waals surface area (Å²) in [5.41, 5.74) is 9.00. The fourth-order valence-electron chi connectivity index (χ4n) is 4.86. The first-order chi connectivity index (χ1) is 20.1. The monoisotopic (exact) mass is 561 g/mol. The minimum absolute atomic E-state index is 0.211. The van der Waals surface area contributed by atoms with Crippen molar-refractivity contribution >= 4 is 34.8 Å². The number of rotatable bonds is 9. The van der Waals surface area contributed by atoms with Crippen molar-refractivity contribution < 1.29 is 14.4 Å². The Hall–Kier alpha value is -4.71. The molecule has 0 aromatic heterocycles. The largest absolute Gasteiger partial charge is 0.322 e. The Labute approximate surface area is 248 Å². The van der Waals surface area contributed by atoms with E-state index in [1.807, 2.05) is 75.4 Å². The second kappa shape index (κ2) is 13.3. The van der Waals surface area contributed by atoms with Gasteiger partial charge in [-0.15, -0.1) is 0 Å². The predicted molar refractivity (Wildman–Crippen MR) is 172 cm³/mol. The molecular formula is C36H39N3O3. The third kappa shape index (κ3) is 7.13. The van der Waals surface area contributed by atoms with Crippen LogP contribution in [0.15, 0.2) is 72.8 Å². The maximum absolute atomic E-state index is 13.5. The van der Waals surface area contributed by atoms with Crippen molar-refractivity contribution in [3.05, 3.63) is 123 Å². The molecule has 0 bridgehead atoms. The zero-order valence-corrected chi connectivity index (χ0v) is 25.3. The van der Waals surface area contributed by atoms with Gasteiger partial charge in [-0.2, -0.15) is 0 Å². The molecule has 3 amide bonds. The van der Waals surface area contributed by atoms with E-state index in [9.17, 15) is 14.4 Å². The van der Waals surface area contributed by atoms with E-state index in [4.69, 9.17) is 0 Å². The van der Waals surface area contributed by atoms with E-state index in [-0.39, 0.29) is 16.7 Å². The van der Waals surface area contributed by atoms with Crippen molar-refractivity contribution in [3.8, 4) is 0 Å². The predicted octanol–water partition coefficient (Wildman–Crippen LogP) is 8.06. The van der Waals surface area contributed by atoms with E-state index < -0.39 is 17.7 Å². The summed E-state index contributed by atoms with van der Waals surface area (Å²) < 4.78 is 0. The lowest BCUT2D eigenvalue weighted by Crippen LogP contribution is -2.20. The van der Waals surface area contributed by atoms with Crippen LogP contribution in [0.25, 0.3) is 0 Å². The molecule has 0 saturated carbocycles. The third-order valence-corrected chi connectivity index (χ3v) is 7.56. The Bertz CT molecular complexity index is 1450. The van der Waals surface area contributed by atoms with Crippen molar-refractivity contribution in [1.29, 1.82) is 0 Å². The van der Waals surface area contributed by atoms with Crippen LogP contribution in [0, 0.1) is 20.8 Å². The van der Waals surface area contributed by atoms with Crippen molar-refractivity contribution in [1.82, 2.24) is 0 Å². The molecule has 0 unspecified atom stereocenters. The van der Waals surface area contributed by atoms with Gasteiger partial charge in [-0.3, -0.25) is 14.4 Å². The van der Waals surface area contributed by atoms with E-state index in [0.29, 0.717) is 17.1 Å². The van der Waals surface area contributed by atoms with Crippen LogP contribution in [0.2, 0.25) is 0 Å². The molecule has 216 valence electrons. The van der Waals surface area contributed by atoms with Gasteiger partial charge in [0.15, 0.2) is 0 Å². The van der Waals surface area contributed by atoms with Crippen molar-refractivity contribution in [2.75, 3.05) is 16.0 Å². The van der Waals surface area contributed by atoms with Crippen LogP contribution in [-0.2, 0) is 19.3 Å². The molecule has 0 radical (unpaired) electrons. The molecule has 42 heavy (non-hydrogen) atoms. The van der Waals surface area contributed by atoms with E-state index >= 15 is 0 Å². The van der Waals surface area contributed by atoms with Crippen LogP contribution in [-0.4, -0.2) is 17.7 Å². The highest BCUT2D eigenvalue weighted by molar-refractivity contribution is 6.13. The molecule has 0 aliphatic heterocycles. The molecule has 4 rings (SSSR count). The van der Waals surface area contributed by atoms with Crippen molar-refractivity contribution in [2.45, 2.75) is 60.8 Å². The summed E-state index contributed by atoms with van der Waals surface area (Å²) in [6, 6.07) is 22.2. The van der Waals surface area contributed by atoms with E-state index in [1.54, 1.807) is 0 Å². The maximum atomic E-state index is 13.5. The summed E-state index contributed by atoms with van der Waals surface area (Å²) in [4.78, 5) is 40.4. The molecular weight excluding hydrogens is 522 g/mol. The second-order valence-electron chi connectivity index (χ2n) is 10.7. The van der Waals surface area contributed by atoms with Gasteiger partial charge < -0.3 is 16.0 Å². The molecule has 0 aliphatic carbocycles. The normalized spacial score (nSPS) is 10.7. The quantitative estimate of drug-likeness (QED) is 0.193. The Morgan fingerprint density at radius 2 is 0.714 bits per heavy atom. The van der Waals surface area contributed by atoms with Crippen LogP contribution in [0.3, 0.4) is 0 Å². The first-order valence-corrected chi connectivity index (χ1v) is 14.5. The number of aryl methyl sites for hydroxylation is 6. The molecule has 4 aromatic rings. The molecule has 3 N–H and O–H groups in total. The van der Waals surface area contributed by atoms with Gasteiger partial charge in [-0.25, -0.2) is 0 Å². The number of nitrogens with one attached hydrogen (secondary N) is 3. The Kier molecular flexibility index (Phi) is 9.58. The third-order valence-electron chi connectivity index (χ3n) is 7.56. The van der Waals surface area contributed by atoms with Gasteiger partial charge >= 0.3 is 0 Å². The number of anilines is 3. The smallest absolute Gasteiger partial charge is 0.255 e. The summed E-state index contributed by atoms with van der Waals surface area (Å²) in [5.74, 6) is -1.21. The number of amides is 3. The average Bonchev–Trinajstić information content (AvgIpc) is 2.99. The summed E-state index contributed by atoms with van der Waals surface area (Å²) in [6.45, 7) is 12.1. The first-order valence-electron chi connectivity index (χ1n) is 14.5. The van der Waals surface area contributed by atoms with Crippen LogP contribution in [0.1, 0.15) is 85.2 Å². The molecule has 6 heteroatoms. The number of hydrogen-bond acceptors (Lipinski definition) is 3. The summed E-state index contributed by atoms with van der Waals surface area (Å²) in [5, 5.41) is 8.85. The molecule has 0 heterocycles. The number of hydrogen-bond donors (Lipinski definition) is 3.